The van der Waals surface area contributed by atoms with Crippen molar-refractivity contribution in [1.29, 1.82) is 0 Å². The largest absolute Gasteiger partial charge is 0.416 e. The van der Waals surface area contributed by atoms with Crippen LogP contribution >= 0.6 is 0 Å². The first kappa shape index (κ1) is 13.0. The number of benzene rings is 1. The van der Waals surface area contributed by atoms with Crippen LogP contribution in [0.3, 0.4) is 0 Å². The molecular weight excluding hydrogens is 267 g/mol. The molecule has 2 heterocycles. The summed E-state index contributed by atoms with van der Waals surface area (Å²) in [6, 6.07) is 5.36. The van der Waals surface area contributed by atoms with Crippen molar-refractivity contribution >= 4 is 5.82 Å². The second kappa shape index (κ2) is 4.54. The summed E-state index contributed by atoms with van der Waals surface area (Å²) in [5.41, 5.74) is 0.649. The van der Waals surface area contributed by atoms with Crippen LogP contribution in [0.4, 0.5) is 19.0 Å². The molecule has 0 aliphatic carbocycles. The van der Waals surface area contributed by atoms with Crippen LogP contribution in [0.1, 0.15) is 29.2 Å². The molecule has 1 aromatic carbocycles. The third-order valence-corrected chi connectivity index (χ3v) is 3.61. The van der Waals surface area contributed by atoms with E-state index in [0.717, 1.165) is 17.4 Å². The van der Waals surface area contributed by atoms with Crippen LogP contribution in [0.25, 0.3) is 0 Å². The molecule has 1 aliphatic heterocycles. The van der Waals surface area contributed by atoms with Gasteiger partial charge in [-0.1, -0.05) is 18.2 Å². The van der Waals surface area contributed by atoms with Crippen LogP contribution in [0.15, 0.2) is 30.5 Å². The first-order chi connectivity index (χ1) is 9.48. The Morgan fingerprint density at radius 3 is 2.80 bits per heavy atom. The highest BCUT2D eigenvalue weighted by Gasteiger charge is 2.36. The zero-order valence-electron chi connectivity index (χ0n) is 10.9. The zero-order valence-corrected chi connectivity index (χ0v) is 10.9. The van der Waals surface area contributed by atoms with E-state index in [1.165, 1.54) is 6.07 Å². The van der Waals surface area contributed by atoms with Crippen LogP contribution in [0, 0.1) is 6.92 Å². The Hall–Kier alpha value is -1.98. The molecule has 3 rings (SSSR count). The quantitative estimate of drug-likeness (QED) is 0.865. The summed E-state index contributed by atoms with van der Waals surface area (Å²) in [5, 5.41) is 7.41. The SMILES string of the molecule is Cc1cnn2c1NCCC2c1ccccc1C(F)(F)F. The Bertz CT molecular complexity index is 631. The molecule has 0 saturated heterocycles. The minimum absolute atomic E-state index is 0.283. The van der Waals surface area contributed by atoms with Gasteiger partial charge in [-0.3, -0.25) is 0 Å². The summed E-state index contributed by atoms with van der Waals surface area (Å²) in [5.74, 6) is 0.804. The van der Waals surface area contributed by atoms with E-state index >= 15 is 0 Å². The third kappa shape index (κ3) is 2.05. The normalized spacial score (nSPS) is 18.5. The van der Waals surface area contributed by atoms with Crippen molar-refractivity contribution < 1.29 is 13.2 Å². The molecule has 106 valence electrons. The third-order valence-electron chi connectivity index (χ3n) is 3.61. The van der Waals surface area contributed by atoms with E-state index in [1.807, 2.05) is 6.92 Å². The highest BCUT2D eigenvalue weighted by Crippen LogP contribution is 2.39. The molecule has 3 nitrogen and oxygen atoms in total. The molecule has 0 saturated carbocycles. The van der Waals surface area contributed by atoms with Gasteiger partial charge < -0.3 is 5.32 Å². The van der Waals surface area contributed by atoms with Gasteiger partial charge in [0.2, 0.25) is 0 Å². The predicted octanol–water partition coefficient (Wildman–Crippen LogP) is 3.62. The minimum atomic E-state index is -4.34. The van der Waals surface area contributed by atoms with Crippen LogP contribution in [0.2, 0.25) is 0 Å². The number of aromatic nitrogens is 2. The fraction of sp³-hybridized carbons (Fsp3) is 0.357. The van der Waals surface area contributed by atoms with Crippen molar-refractivity contribution in [2.45, 2.75) is 25.6 Å². The van der Waals surface area contributed by atoms with Gasteiger partial charge in [-0.05, 0) is 25.0 Å². The molecular formula is C14H14F3N3. The Labute approximate surface area is 114 Å². The van der Waals surface area contributed by atoms with Crippen molar-refractivity contribution in [2.75, 3.05) is 11.9 Å². The fourth-order valence-corrected chi connectivity index (χ4v) is 2.69. The molecule has 1 aromatic heterocycles. The summed E-state index contributed by atoms with van der Waals surface area (Å²) >= 11 is 0. The number of halogens is 3. The predicted molar refractivity (Wildman–Crippen MR) is 69.7 cm³/mol. The van der Waals surface area contributed by atoms with Crippen molar-refractivity contribution in [2.24, 2.45) is 0 Å². The number of alkyl halides is 3. The highest BCUT2D eigenvalue weighted by molar-refractivity contribution is 5.47. The number of nitrogens with zero attached hydrogens (tertiary/aromatic N) is 2. The monoisotopic (exact) mass is 281 g/mol. The van der Waals surface area contributed by atoms with E-state index in [9.17, 15) is 13.2 Å². The molecule has 0 spiro atoms. The van der Waals surface area contributed by atoms with Crippen molar-refractivity contribution in [3.8, 4) is 0 Å². The number of fused-ring (bicyclic) bond motifs is 1. The Morgan fingerprint density at radius 1 is 1.30 bits per heavy atom. The fourth-order valence-electron chi connectivity index (χ4n) is 2.69. The molecule has 0 amide bonds. The van der Waals surface area contributed by atoms with Gasteiger partial charge >= 0.3 is 6.18 Å². The topological polar surface area (TPSA) is 29.9 Å². The summed E-state index contributed by atoms with van der Waals surface area (Å²) in [7, 11) is 0. The maximum atomic E-state index is 13.1. The lowest BCUT2D eigenvalue weighted by Gasteiger charge is -2.28. The van der Waals surface area contributed by atoms with E-state index in [2.05, 4.69) is 10.4 Å². The lowest BCUT2D eigenvalue weighted by Crippen LogP contribution is -2.26. The molecule has 1 atom stereocenters. The second-order valence-electron chi connectivity index (χ2n) is 4.94. The number of anilines is 1. The smallest absolute Gasteiger partial charge is 0.370 e. The number of aryl methyl sites for hydroxylation is 1. The first-order valence-corrected chi connectivity index (χ1v) is 6.42. The summed E-state index contributed by atoms with van der Waals surface area (Å²) in [4.78, 5) is 0. The van der Waals surface area contributed by atoms with Gasteiger partial charge in [0, 0.05) is 12.1 Å². The Kier molecular flexibility index (Phi) is 2.96. The molecule has 0 fully saturated rings. The average molecular weight is 281 g/mol. The van der Waals surface area contributed by atoms with Crippen molar-refractivity contribution in [1.82, 2.24) is 9.78 Å². The highest BCUT2D eigenvalue weighted by atomic mass is 19.4. The van der Waals surface area contributed by atoms with Gasteiger partial charge in [-0.15, -0.1) is 0 Å². The van der Waals surface area contributed by atoms with Gasteiger partial charge in [-0.2, -0.15) is 18.3 Å². The molecule has 1 N–H and O–H groups in total. The summed E-state index contributed by atoms with van der Waals surface area (Å²) in [6.45, 7) is 2.53. The van der Waals surface area contributed by atoms with Crippen LogP contribution in [0.5, 0.6) is 0 Å². The second-order valence-corrected chi connectivity index (χ2v) is 4.94. The number of hydrogen-bond donors (Lipinski definition) is 1. The van der Waals surface area contributed by atoms with Gasteiger partial charge in [0.05, 0.1) is 17.8 Å². The first-order valence-electron chi connectivity index (χ1n) is 6.42. The van der Waals surface area contributed by atoms with E-state index in [1.54, 1.807) is 23.0 Å². The zero-order chi connectivity index (χ0) is 14.3. The van der Waals surface area contributed by atoms with Gasteiger partial charge in [-0.25, -0.2) is 4.68 Å². The van der Waals surface area contributed by atoms with Gasteiger partial charge in [0.25, 0.3) is 0 Å². The van der Waals surface area contributed by atoms with Crippen LogP contribution in [-0.2, 0) is 6.18 Å². The van der Waals surface area contributed by atoms with E-state index in [0.29, 0.717) is 13.0 Å². The Morgan fingerprint density at radius 2 is 2.05 bits per heavy atom. The van der Waals surface area contributed by atoms with E-state index in [4.69, 9.17) is 0 Å². The molecule has 1 unspecified atom stereocenters. The van der Waals surface area contributed by atoms with Crippen molar-refractivity contribution in [3.05, 3.63) is 47.2 Å². The molecule has 2 aromatic rings. The number of rotatable bonds is 1. The lowest BCUT2D eigenvalue weighted by molar-refractivity contribution is -0.138. The maximum Gasteiger partial charge on any atom is 0.416 e. The van der Waals surface area contributed by atoms with Crippen LogP contribution in [-0.4, -0.2) is 16.3 Å². The molecule has 0 radical (unpaired) electrons. The minimum Gasteiger partial charge on any atom is -0.370 e. The van der Waals surface area contributed by atoms with Gasteiger partial charge in [0.15, 0.2) is 0 Å². The summed E-state index contributed by atoms with van der Waals surface area (Å²) in [6.07, 6.45) is -2.08. The van der Waals surface area contributed by atoms with Crippen molar-refractivity contribution in [3.63, 3.8) is 0 Å². The summed E-state index contributed by atoms with van der Waals surface area (Å²) < 4.78 is 41.1. The number of hydrogen-bond acceptors (Lipinski definition) is 2. The Balaban J connectivity index is 2.12. The molecule has 0 bridgehead atoms. The number of nitrogens with one attached hydrogen (secondary N) is 1. The maximum absolute atomic E-state index is 13.1. The molecule has 6 heteroatoms. The molecule has 20 heavy (non-hydrogen) atoms. The average Bonchev–Trinajstić information content (AvgIpc) is 2.80. The molecule has 1 aliphatic rings. The van der Waals surface area contributed by atoms with E-state index in [-0.39, 0.29) is 11.6 Å². The van der Waals surface area contributed by atoms with Crippen LogP contribution < -0.4 is 5.32 Å². The van der Waals surface area contributed by atoms with E-state index < -0.39 is 11.7 Å². The van der Waals surface area contributed by atoms with Gasteiger partial charge in [0.1, 0.15) is 5.82 Å². The standard InChI is InChI=1S/C14H14F3N3/c1-9-8-19-20-12(6-7-18-13(9)20)10-4-2-3-5-11(10)14(15,16)17/h2-5,8,12,18H,6-7H2,1H3. The lowest BCUT2D eigenvalue weighted by atomic mass is 9.96.